The Morgan fingerprint density at radius 1 is 1.04 bits per heavy atom. The van der Waals surface area contributed by atoms with Gasteiger partial charge in [-0.05, 0) is 47.5 Å². The van der Waals surface area contributed by atoms with Gasteiger partial charge in [-0.25, -0.2) is 5.43 Å². The van der Waals surface area contributed by atoms with Crippen LogP contribution in [0.4, 0.5) is 0 Å². The number of nitrogens with zero attached hydrogens (tertiary/aromatic N) is 1. The number of ether oxygens (including phenoxy) is 2. The first kappa shape index (κ1) is 19.0. The van der Waals surface area contributed by atoms with Crippen LogP contribution in [0.3, 0.4) is 0 Å². The van der Waals surface area contributed by atoms with Gasteiger partial charge in [-0.3, -0.25) is 4.79 Å². The average molecular weight is 376 g/mol. The van der Waals surface area contributed by atoms with Gasteiger partial charge in [-0.15, -0.1) is 0 Å². The van der Waals surface area contributed by atoms with E-state index in [9.17, 15) is 9.90 Å². The molecule has 0 radical (unpaired) electrons. The lowest BCUT2D eigenvalue weighted by atomic mass is 10.2. The molecule has 0 saturated carbocycles. The van der Waals surface area contributed by atoms with Gasteiger partial charge in [0.1, 0.15) is 12.4 Å². The number of phenolic OH excluding ortho intramolecular Hbond substituents is 1. The first-order valence-electron chi connectivity index (χ1n) is 8.63. The molecule has 0 heterocycles. The molecule has 3 aromatic rings. The molecule has 3 rings (SSSR count). The van der Waals surface area contributed by atoms with Crippen molar-refractivity contribution in [3.8, 4) is 17.2 Å². The van der Waals surface area contributed by atoms with Crippen LogP contribution in [0, 0.1) is 0 Å². The summed E-state index contributed by atoms with van der Waals surface area (Å²) in [5, 5.41) is 13.4. The van der Waals surface area contributed by atoms with Gasteiger partial charge in [-0.2, -0.15) is 5.10 Å². The zero-order valence-electron chi connectivity index (χ0n) is 15.3. The van der Waals surface area contributed by atoms with Crippen molar-refractivity contribution < 1.29 is 19.4 Å². The Bertz CT molecular complexity index is 971. The first-order chi connectivity index (χ1) is 13.7. The summed E-state index contributed by atoms with van der Waals surface area (Å²) in [5.74, 6) is 0.791. The predicted octanol–water partition coefficient (Wildman–Crippen LogP) is 3.74. The molecular weight excluding hydrogens is 356 g/mol. The number of benzene rings is 3. The maximum Gasteiger partial charge on any atom is 0.271 e. The van der Waals surface area contributed by atoms with E-state index < -0.39 is 5.91 Å². The van der Waals surface area contributed by atoms with Crippen LogP contribution in [0.2, 0.25) is 0 Å². The van der Waals surface area contributed by atoms with Crippen LogP contribution in [0.5, 0.6) is 17.2 Å². The van der Waals surface area contributed by atoms with Crippen LogP contribution >= 0.6 is 0 Å². The van der Waals surface area contributed by atoms with E-state index in [1.807, 2.05) is 30.3 Å². The highest BCUT2D eigenvalue weighted by molar-refractivity contribution is 5.95. The number of amides is 1. The molecule has 0 fully saturated rings. The Balaban J connectivity index is 1.66. The van der Waals surface area contributed by atoms with E-state index in [4.69, 9.17) is 9.47 Å². The molecule has 0 aliphatic carbocycles. The maximum absolute atomic E-state index is 12.0. The molecule has 0 bridgehead atoms. The van der Waals surface area contributed by atoms with E-state index in [1.54, 1.807) is 37.4 Å². The fourth-order valence-electron chi connectivity index (χ4n) is 2.50. The third-order valence-corrected chi connectivity index (χ3v) is 3.91. The zero-order chi connectivity index (χ0) is 19.8. The molecule has 0 aromatic heterocycles. The molecule has 142 valence electrons. The number of hydrogen-bond acceptors (Lipinski definition) is 5. The second-order valence-electron chi connectivity index (χ2n) is 5.93. The van der Waals surface area contributed by atoms with Crippen molar-refractivity contribution in [3.63, 3.8) is 0 Å². The predicted molar refractivity (Wildman–Crippen MR) is 107 cm³/mol. The van der Waals surface area contributed by atoms with E-state index in [0.29, 0.717) is 23.7 Å². The number of hydrazone groups is 1. The third kappa shape index (κ3) is 5.11. The number of aromatic hydroxyl groups is 1. The second kappa shape index (κ2) is 9.23. The van der Waals surface area contributed by atoms with Gasteiger partial charge in [0.05, 0.1) is 13.3 Å². The SMILES string of the molecule is COc1ccc(/C=N/NC(=O)c2cccc(O)c2)cc1OCc1ccccc1. The molecule has 0 aliphatic heterocycles. The normalized spacial score (nSPS) is 10.6. The number of hydrogen-bond donors (Lipinski definition) is 2. The number of phenols is 1. The lowest BCUT2D eigenvalue weighted by molar-refractivity contribution is 0.0954. The largest absolute Gasteiger partial charge is 0.508 e. The van der Waals surface area contributed by atoms with Crippen LogP contribution < -0.4 is 14.9 Å². The summed E-state index contributed by atoms with van der Waals surface area (Å²) in [4.78, 5) is 12.0. The number of carbonyl (C=O) groups excluding carboxylic acids is 1. The van der Waals surface area contributed by atoms with Crippen molar-refractivity contribution >= 4 is 12.1 Å². The van der Waals surface area contributed by atoms with Crippen LogP contribution in [-0.4, -0.2) is 24.3 Å². The molecule has 6 heteroatoms. The standard InChI is InChI=1S/C22H20N2O4/c1-27-20-11-10-17(12-21(20)28-15-16-6-3-2-4-7-16)14-23-24-22(26)18-8-5-9-19(25)13-18/h2-14,25H,15H2,1H3,(H,24,26)/b23-14+. The highest BCUT2D eigenvalue weighted by Gasteiger charge is 2.07. The fraction of sp³-hybridized carbons (Fsp3) is 0.0909. The Morgan fingerprint density at radius 3 is 2.61 bits per heavy atom. The lowest BCUT2D eigenvalue weighted by Gasteiger charge is -2.11. The van der Waals surface area contributed by atoms with Crippen LogP contribution in [0.1, 0.15) is 21.5 Å². The molecule has 3 aromatic carbocycles. The van der Waals surface area contributed by atoms with Crippen LogP contribution in [0.25, 0.3) is 0 Å². The molecule has 1 amide bonds. The van der Waals surface area contributed by atoms with E-state index in [2.05, 4.69) is 10.5 Å². The van der Waals surface area contributed by atoms with Crippen LogP contribution in [-0.2, 0) is 6.61 Å². The molecule has 28 heavy (non-hydrogen) atoms. The minimum Gasteiger partial charge on any atom is -0.508 e. The highest BCUT2D eigenvalue weighted by Crippen LogP contribution is 2.28. The van der Waals surface area contributed by atoms with Crippen molar-refractivity contribution in [2.45, 2.75) is 6.61 Å². The summed E-state index contributed by atoms with van der Waals surface area (Å²) >= 11 is 0. The van der Waals surface area contributed by atoms with Crippen molar-refractivity contribution in [2.75, 3.05) is 7.11 Å². The van der Waals surface area contributed by atoms with Crippen molar-refractivity contribution in [1.82, 2.24) is 5.43 Å². The van der Waals surface area contributed by atoms with Crippen molar-refractivity contribution in [3.05, 3.63) is 89.5 Å². The number of methoxy groups -OCH3 is 1. The van der Waals surface area contributed by atoms with E-state index in [-0.39, 0.29) is 5.75 Å². The Hall–Kier alpha value is -3.80. The quantitative estimate of drug-likeness (QED) is 0.486. The Kier molecular flexibility index (Phi) is 6.25. The smallest absolute Gasteiger partial charge is 0.271 e. The molecule has 0 saturated heterocycles. The molecule has 0 aliphatic rings. The topological polar surface area (TPSA) is 80.2 Å². The summed E-state index contributed by atoms with van der Waals surface area (Å²) in [6.45, 7) is 0.409. The van der Waals surface area contributed by atoms with E-state index in [0.717, 1.165) is 11.1 Å². The van der Waals surface area contributed by atoms with Gasteiger partial charge in [-0.1, -0.05) is 36.4 Å². The van der Waals surface area contributed by atoms with Crippen molar-refractivity contribution in [1.29, 1.82) is 0 Å². The lowest BCUT2D eigenvalue weighted by Crippen LogP contribution is -2.17. The Morgan fingerprint density at radius 2 is 1.86 bits per heavy atom. The molecule has 2 N–H and O–H groups in total. The van der Waals surface area contributed by atoms with E-state index >= 15 is 0 Å². The summed E-state index contributed by atoms with van der Waals surface area (Å²) in [5.41, 5.74) is 4.53. The van der Waals surface area contributed by atoms with Gasteiger partial charge in [0.2, 0.25) is 0 Å². The second-order valence-corrected chi connectivity index (χ2v) is 5.93. The first-order valence-corrected chi connectivity index (χ1v) is 8.63. The fourth-order valence-corrected chi connectivity index (χ4v) is 2.50. The highest BCUT2D eigenvalue weighted by atomic mass is 16.5. The van der Waals surface area contributed by atoms with Crippen LogP contribution in [0.15, 0.2) is 77.9 Å². The third-order valence-electron chi connectivity index (χ3n) is 3.91. The van der Waals surface area contributed by atoms with Crippen molar-refractivity contribution in [2.24, 2.45) is 5.10 Å². The van der Waals surface area contributed by atoms with Gasteiger partial charge >= 0.3 is 0 Å². The minimum atomic E-state index is -0.416. The number of rotatable bonds is 7. The average Bonchev–Trinajstić information content (AvgIpc) is 2.73. The zero-order valence-corrected chi connectivity index (χ0v) is 15.3. The molecule has 0 unspecified atom stereocenters. The molecule has 0 atom stereocenters. The summed E-state index contributed by atoms with van der Waals surface area (Å²) < 4.78 is 11.2. The van der Waals surface area contributed by atoms with Gasteiger partial charge < -0.3 is 14.6 Å². The molecule has 6 nitrogen and oxygen atoms in total. The maximum atomic E-state index is 12.0. The Labute approximate surface area is 163 Å². The minimum absolute atomic E-state index is 0.0204. The molecule has 0 spiro atoms. The van der Waals surface area contributed by atoms with Gasteiger partial charge in [0.25, 0.3) is 5.91 Å². The summed E-state index contributed by atoms with van der Waals surface area (Å²) in [6.07, 6.45) is 1.51. The summed E-state index contributed by atoms with van der Waals surface area (Å²) in [7, 11) is 1.58. The summed E-state index contributed by atoms with van der Waals surface area (Å²) in [6, 6.07) is 21.2. The molecular formula is C22H20N2O4. The number of nitrogens with one attached hydrogen (secondary N) is 1. The van der Waals surface area contributed by atoms with Gasteiger partial charge in [0.15, 0.2) is 11.5 Å². The van der Waals surface area contributed by atoms with Gasteiger partial charge in [0, 0.05) is 5.56 Å². The van der Waals surface area contributed by atoms with E-state index in [1.165, 1.54) is 18.3 Å². The number of carbonyl (C=O) groups is 1. The monoisotopic (exact) mass is 376 g/mol.